The molecule has 0 amide bonds. The van der Waals surface area contributed by atoms with Crippen molar-refractivity contribution in [1.82, 2.24) is 4.57 Å². The lowest BCUT2D eigenvalue weighted by molar-refractivity contribution is -0.671. The molecule has 20 heavy (non-hydrogen) atoms. The van der Waals surface area contributed by atoms with Gasteiger partial charge in [0.05, 0.1) is 13.6 Å². The van der Waals surface area contributed by atoms with Crippen molar-refractivity contribution in [2.75, 3.05) is 13.2 Å². The molecular formula is C14H29N2O3P+2. The summed E-state index contributed by atoms with van der Waals surface area (Å²) in [5.41, 5.74) is 0. The third-order valence-electron chi connectivity index (χ3n) is 2.58. The first-order valence-corrected chi connectivity index (χ1v) is 8.47. The van der Waals surface area contributed by atoms with Gasteiger partial charge in [0.25, 0.3) is 0 Å². The van der Waals surface area contributed by atoms with Gasteiger partial charge in [0.1, 0.15) is 25.6 Å². The zero-order chi connectivity index (χ0) is 15.2. The summed E-state index contributed by atoms with van der Waals surface area (Å²) in [4.78, 5) is 0. The Morgan fingerprint density at radius 1 is 1.10 bits per heavy atom. The van der Waals surface area contributed by atoms with Crippen LogP contribution in [0.1, 0.15) is 46.5 Å². The highest BCUT2D eigenvalue weighted by molar-refractivity contribution is 7.33. The maximum Gasteiger partial charge on any atom is 0.697 e. The number of aryl methyl sites for hydroxylation is 2. The van der Waals surface area contributed by atoms with Crippen molar-refractivity contribution in [1.29, 1.82) is 0 Å². The smallest absolute Gasteiger partial charge is 0.240 e. The molecule has 0 aliphatic heterocycles. The average Bonchev–Trinajstić information content (AvgIpc) is 2.86. The van der Waals surface area contributed by atoms with Crippen LogP contribution >= 0.6 is 8.25 Å². The van der Waals surface area contributed by atoms with E-state index in [1.807, 2.05) is 17.8 Å². The molecule has 0 bridgehead atoms. The maximum absolute atomic E-state index is 10.9. The molecule has 1 aromatic heterocycles. The maximum atomic E-state index is 10.9. The number of rotatable bonds is 9. The predicted octanol–water partition coefficient (Wildman–Crippen LogP) is 3.61. The quantitative estimate of drug-likeness (QED) is 0.398. The molecule has 0 fully saturated rings. The summed E-state index contributed by atoms with van der Waals surface area (Å²) < 4.78 is 24.9. The summed E-state index contributed by atoms with van der Waals surface area (Å²) in [5, 5.41) is 0. The van der Waals surface area contributed by atoms with E-state index in [9.17, 15) is 4.57 Å². The van der Waals surface area contributed by atoms with E-state index in [-0.39, 0.29) is 0 Å². The van der Waals surface area contributed by atoms with E-state index in [2.05, 4.69) is 37.9 Å². The third-order valence-corrected chi connectivity index (χ3v) is 3.36. The van der Waals surface area contributed by atoms with E-state index in [4.69, 9.17) is 9.05 Å². The van der Waals surface area contributed by atoms with Gasteiger partial charge >= 0.3 is 8.25 Å². The molecule has 1 rings (SSSR count). The summed E-state index contributed by atoms with van der Waals surface area (Å²) in [6, 6.07) is 0. The monoisotopic (exact) mass is 304 g/mol. The van der Waals surface area contributed by atoms with E-state index in [1.54, 1.807) is 0 Å². The van der Waals surface area contributed by atoms with Crippen molar-refractivity contribution in [2.24, 2.45) is 7.05 Å². The summed E-state index contributed by atoms with van der Waals surface area (Å²) in [5.74, 6) is 0. The molecule has 0 aliphatic carbocycles. The minimum Gasteiger partial charge on any atom is -0.240 e. The Balaban J connectivity index is 0.000000388. The number of aromatic nitrogens is 2. The lowest BCUT2D eigenvalue weighted by atomic mass is 10.4. The topological polar surface area (TPSA) is 44.3 Å². The Kier molecular flexibility index (Phi) is 12.7. The fourth-order valence-electron chi connectivity index (χ4n) is 1.29. The second-order valence-corrected chi connectivity index (χ2v) is 5.47. The fraction of sp³-hybridized carbons (Fsp3) is 0.786. The predicted molar refractivity (Wildman–Crippen MR) is 80.6 cm³/mol. The largest absolute Gasteiger partial charge is 0.697 e. The average molecular weight is 304 g/mol. The Bertz CT molecular complexity index is 344. The first-order valence-electron chi connectivity index (χ1n) is 7.38. The number of hydrogen-bond donors (Lipinski definition) is 0. The molecule has 0 unspecified atom stereocenters. The molecule has 0 aliphatic rings. The molecule has 0 aromatic carbocycles. The number of imidazole rings is 1. The summed E-state index contributed by atoms with van der Waals surface area (Å²) in [6.45, 7) is 8.39. The molecule has 0 saturated carbocycles. The van der Waals surface area contributed by atoms with Crippen molar-refractivity contribution in [3.63, 3.8) is 0 Å². The van der Waals surface area contributed by atoms with E-state index in [0.29, 0.717) is 13.2 Å². The van der Waals surface area contributed by atoms with Gasteiger partial charge in [-0.25, -0.2) is 9.13 Å². The van der Waals surface area contributed by atoms with E-state index >= 15 is 0 Å². The molecular weight excluding hydrogens is 275 g/mol. The number of unbranched alkanes of at least 4 members (excludes halogenated alkanes) is 2. The summed E-state index contributed by atoms with van der Waals surface area (Å²) >= 11 is 0. The second-order valence-electron chi connectivity index (χ2n) is 4.51. The van der Waals surface area contributed by atoms with Crippen LogP contribution in [0.3, 0.4) is 0 Å². The minimum absolute atomic E-state index is 0.540. The van der Waals surface area contributed by atoms with Crippen molar-refractivity contribution in [2.45, 2.75) is 53.0 Å². The van der Waals surface area contributed by atoms with Crippen molar-refractivity contribution < 1.29 is 18.2 Å². The van der Waals surface area contributed by atoms with E-state index < -0.39 is 8.25 Å². The van der Waals surface area contributed by atoms with Gasteiger partial charge in [-0.15, -0.1) is 9.05 Å². The van der Waals surface area contributed by atoms with Crippen LogP contribution in [0, 0.1) is 0 Å². The summed E-state index contributed by atoms with van der Waals surface area (Å²) in [6.07, 6.45) is 10.1. The normalized spacial score (nSPS) is 10.0. The molecule has 0 spiro atoms. The molecule has 0 N–H and O–H groups in total. The molecule has 5 nitrogen and oxygen atoms in total. The molecule has 1 aromatic rings. The molecule has 0 radical (unpaired) electrons. The van der Waals surface area contributed by atoms with Crippen LogP contribution < -0.4 is 4.57 Å². The third kappa shape index (κ3) is 11.1. The van der Waals surface area contributed by atoms with Gasteiger partial charge in [-0.05, 0) is 19.8 Å². The number of hydrogen-bond acceptors (Lipinski definition) is 3. The van der Waals surface area contributed by atoms with Crippen molar-refractivity contribution in [3.05, 3.63) is 18.7 Å². The van der Waals surface area contributed by atoms with Crippen LogP contribution in [0.25, 0.3) is 0 Å². The fourth-order valence-corrected chi connectivity index (χ4v) is 1.92. The van der Waals surface area contributed by atoms with Crippen LogP contribution in [0.5, 0.6) is 0 Å². The van der Waals surface area contributed by atoms with Crippen LogP contribution in [0.2, 0.25) is 0 Å². The standard InChI is InChI=1S/C8H18O3P.C6H11N2/c1-3-5-7-10-12(9)11-8-6-4-2;1-3-8-5-4-7(2)6-8/h3-8H2,1-2H3;4-6H,3H2,1-2H3/q2*+1. The Morgan fingerprint density at radius 3 is 1.95 bits per heavy atom. The highest BCUT2D eigenvalue weighted by Crippen LogP contribution is 2.24. The highest BCUT2D eigenvalue weighted by Gasteiger charge is 2.18. The highest BCUT2D eigenvalue weighted by atomic mass is 31.1. The lowest BCUT2D eigenvalue weighted by Gasteiger charge is -1.89. The van der Waals surface area contributed by atoms with Gasteiger partial charge in [-0.3, -0.25) is 0 Å². The summed E-state index contributed by atoms with van der Waals surface area (Å²) in [7, 11) is 0.166. The molecule has 6 heteroatoms. The van der Waals surface area contributed by atoms with Crippen LogP contribution in [0.15, 0.2) is 18.7 Å². The Hall–Kier alpha value is -0.770. The van der Waals surface area contributed by atoms with Crippen molar-refractivity contribution in [3.8, 4) is 0 Å². The molecule has 0 saturated heterocycles. The van der Waals surface area contributed by atoms with Crippen LogP contribution in [-0.2, 0) is 27.2 Å². The molecule has 116 valence electrons. The van der Waals surface area contributed by atoms with Gasteiger partial charge in [-0.2, -0.15) is 0 Å². The van der Waals surface area contributed by atoms with Crippen LogP contribution in [0.4, 0.5) is 0 Å². The Morgan fingerprint density at radius 2 is 1.65 bits per heavy atom. The first kappa shape index (κ1) is 19.2. The van der Waals surface area contributed by atoms with Gasteiger partial charge in [0.15, 0.2) is 0 Å². The zero-order valence-corrected chi connectivity index (χ0v) is 14.1. The zero-order valence-electron chi connectivity index (χ0n) is 13.2. The SMILES string of the molecule is CCCCO[P+](=O)OCCCC.CCn1cc[n+](C)c1. The molecule has 1 heterocycles. The second kappa shape index (κ2) is 13.2. The first-order chi connectivity index (χ1) is 9.63. The lowest BCUT2D eigenvalue weighted by Crippen LogP contribution is -2.23. The Labute approximate surface area is 123 Å². The van der Waals surface area contributed by atoms with Gasteiger partial charge in [0.2, 0.25) is 6.33 Å². The van der Waals surface area contributed by atoms with Gasteiger partial charge in [-0.1, -0.05) is 26.7 Å². The van der Waals surface area contributed by atoms with E-state index in [0.717, 1.165) is 32.2 Å². The van der Waals surface area contributed by atoms with Gasteiger partial charge < -0.3 is 0 Å². The molecule has 0 atom stereocenters. The van der Waals surface area contributed by atoms with E-state index in [1.165, 1.54) is 0 Å². The minimum atomic E-state index is -1.85. The van der Waals surface area contributed by atoms with Crippen LogP contribution in [-0.4, -0.2) is 17.8 Å². The van der Waals surface area contributed by atoms with Crippen molar-refractivity contribution >= 4 is 8.25 Å². The van der Waals surface area contributed by atoms with Gasteiger partial charge in [0, 0.05) is 4.57 Å². The number of nitrogens with zero attached hydrogens (tertiary/aromatic N) is 2.